The molecule has 2 aromatic heterocycles. The number of rotatable bonds is 8. The number of ketones is 1. The summed E-state index contributed by atoms with van der Waals surface area (Å²) in [5, 5.41) is 10.8. The largest absolute Gasteiger partial charge is 0.444 e. The third kappa shape index (κ3) is 4.76. The summed E-state index contributed by atoms with van der Waals surface area (Å²) in [6.07, 6.45) is -0.0979. The van der Waals surface area contributed by atoms with E-state index in [1.807, 2.05) is 0 Å². The molecule has 1 atom stereocenters. The van der Waals surface area contributed by atoms with Crippen LogP contribution in [0.5, 0.6) is 0 Å². The molecule has 12 heteroatoms. The first-order valence-electron chi connectivity index (χ1n) is 10.1. The molecule has 4 rings (SSSR count). The molecule has 1 aliphatic heterocycles. The molecule has 1 aliphatic rings. The van der Waals surface area contributed by atoms with Gasteiger partial charge in [0.1, 0.15) is 22.5 Å². The topological polar surface area (TPSA) is 142 Å². The Balaban J connectivity index is 1.54. The van der Waals surface area contributed by atoms with E-state index < -0.39 is 34.6 Å². The van der Waals surface area contributed by atoms with Crippen LogP contribution < -0.4 is 10.6 Å². The Morgan fingerprint density at radius 1 is 1.29 bits per heavy atom. The standard InChI is InChI=1S/C22H17FN4O6S/c23-15-10-12(26-11-13(32-22(26)29)5-8-19(24)34)4-6-14(15)16-2-1-3-17(25-16)21(28)18-7-9-20(33-18)27(30)31/h1-4,6-7,9-10,13H,5,8,11H2,(H2,24,34)/t13-/m0/s1. The van der Waals surface area contributed by atoms with E-state index in [-0.39, 0.29) is 29.3 Å². The Bertz CT molecular complexity index is 1310. The van der Waals surface area contributed by atoms with Crippen molar-refractivity contribution in [1.82, 2.24) is 4.98 Å². The van der Waals surface area contributed by atoms with Crippen molar-refractivity contribution in [1.29, 1.82) is 0 Å². The maximum Gasteiger partial charge on any atom is 0.433 e. The second-order valence-electron chi connectivity index (χ2n) is 7.42. The van der Waals surface area contributed by atoms with Gasteiger partial charge in [0.05, 0.1) is 29.0 Å². The molecule has 3 aromatic rings. The van der Waals surface area contributed by atoms with Gasteiger partial charge in [-0.2, -0.15) is 0 Å². The van der Waals surface area contributed by atoms with Crippen LogP contribution in [0.2, 0.25) is 0 Å². The van der Waals surface area contributed by atoms with E-state index in [9.17, 15) is 24.1 Å². The molecule has 1 aromatic carbocycles. The molecule has 0 bridgehead atoms. The van der Waals surface area contributed by atoms with E-state index >= 15 is 0 Å². The Morgan fingerprint density at radius 2 is 2.09 bits per heavy atom. The van der Waals surface area contributed by atoms with E-state index in [0.717, 1.165) is 6.07 Å². The minimum Gasteiger partial charge on any atom is -0.444 e. The molecule has 1 fully saturated rings. The molecular weight excluding hydrogens is 467 g/mol. The number of hydrogen-bond acceptors (Lipinski definition) is 8. The zero-order chi connectivity index (χ0) is 24.4. The van der Waals surface area contributed by atoms with Crippen molar-refractivity contribution in [3.05, 3.63) is 75.9 Å². The van der Waals surface area contributed by atoms with Gasteiger partial charge in [0.25, 0.3) is 0 Å². The first-order valence-corrected chi connectivity index (χ1v) is 10.5. The number of thiocarbonyl (C=S) groups is 1. The van der Waals surface area contributed by atoms with Crippen molar-refractivity contribution in [3.8, 4) is 11.3 Å². The number of anilines is 1. The minimum absolute atomic E-state index is 0.0750. The quantitative estimate of drug-likeness (QED) is 0.217. The Hall–Kier alpha value is -4.19. The molecular formula is C22H17FN4O6S. The predicted molar refractivity (Wildman–Crippen MR) is 122 cm³/mol. The molecule has 0 radical (unpaired) electrons. The predicted octanol–water partition coefficient (Wildman–Crippen LogP) is 4.01. The molecule has 0 unspecified atom stereocenters. The van der Waals surface area contributed by atoms with Crippen LogP contribution in [-0.2, 0) is 4.74 Å². The number of benzene rings is 1. The van der Waals surface area contributed by atoms with Crippen molar-refractivity contribution in [3.63, 3.8) is 0 Å². The maximum absolute atomic E-state index is 15.0. The number of nitro groups is 1. The third-order valence-corrected chi connectivity index (χ3v) is 5.31. The van der Waals surface area contributed by atoms with Crippen molar-refractivity contribution < 1.29 is 28.1 Å². The molecule has 1 saturated heterocycles. The summed E-state index contributed by atoms with van der Waals surface area (Å²) in [6, 6.07) is 10.8. The van der Waals surface area contributed by atoms with Crippen LogP contribution in [0.3, 0.4) is 0 Å². The normalized spacial score (nSPS) is 15.3. The van der Waals surface area contributed by atoms with Crippen LogP contribution in [0.25, 0.3) is 11.3 Å². The summed E-state index contributed by atoms with van der Waals surface area (Å²) in [5.74, 6) is -2.18. The van der Waals surface area contributed by atoms with Gasteiger partial charge in [-0.15, -0.1) is 0 Å². The van der Waals surface area contributed by atoms with Gasteiger partial charge in [0.2, 0.25) is 5.78 Å². The number of carbonyl (C=O) groups is 2. The number of aromatic nitrogens is 1. The summed E-state index contributed by atoms with van der Waals surface area (Å²) >= 11 is 4.84. The highest BCUT2D eigenvalue weighted by atomic mass is 32.1. The zero-order valence-electron chi connectivity index (χ0n) is 17.5. The summed E-state index contributed by atoms with van der Waals surface area (Å²) in [5.41, 5.74) is 5.98. The third-order valence-electron chi connectivity index (χ3n) is 5.10. The van der Waals surface area contributed by atoms with Gasteiger partial charge in [-0.1, -0.05) is 18.3 Å². The molecule has 1 amide bonds. The van der Waals surface area contributed by atoms with Crippen LogP contribution in [0.15, 0.2) is 52.9 Å². The van der Waals surface area contributed by atoms with Gasteiger partial charge in [0.15, 0.2) is 5.76 Å². The number of nitrogens with zero attached hydrogens (tertiary/aromatic N) is 3. The summed E-state index contributed by atoms with van der Waals surface area (Å²) < 4.78 is 25.2. The fourth-order valence-corrected chi connectivity index (χ4v) is 3.57. The first kappa shape index (κ1) is 23.0. The van der Waals surface area contributed by atoms with Crippen LogP contribution in [0.1, 0.15) is 29.1 Å². The van der Waals surface area contributed by atoms with Crippen molar-refractivity contribution in [2.24, 2.45) is 5.73 Å². The van der Waals surface area contributed by atoms with E-state index in [0.29, 0.717) is 23.5 Å². The smallest absolute Gasteiger partial charge is 0.433 e. The molecule has 3 heterocycles. The zero-order valence-corrected chi connectivity index (χ0v) is 18.3. The second kappa shape index (κ2) is 9.35. The lowest BCUT2D eigenvalue weighted by Gasteiger charge is -2.14. The maximum atomic E-state index is 15.0. The first-order chi connectivity index (χ1) is 16.2. The van der Waals surface area contributed by atoms with Gasteiger partial charge in [-0.3, -0.25) is 19.8 Å². The number of pyridine rings is 1. The molecule has 0 spiro atoms. The van der Waals surface area contributed by atoms with Crippen molar-refractivity contribution in [2.75, 3.05) is 11.4 Å². The van der Waals surface area contributed by atoms with Crippen LogP contribution in [-0.4, -0.2) is 39.4 Å². The Morgan fingerprint density at radius 3 is 2.76 bits per heavy atom. The van der Waals surface area contributed by atoms with Gasteiger partial charge in [0, 0.05) is 12.0 Å². The van der Waals surface area contributed by atoms with Crippen LogP contribution in [0, 0.1) is 15.9 Å². The number of nitrogens with two attached hydrogens (primary N) is 1. The molecule has 34 heavy (non-hydrogen) atoms. The highest BCUT2D eigenvalue weighted by molar-refractivity contribution is 7.80. The SMILES string of the molecule is NC(=S)CC[C@H]1CN(c2ccc(-c3cccc(C(=O)c4ccc([N+](=O)[O-])o4)n3)c(F)c2)C(=O)O1. The lowest BCUT2D eigenvalue weighted by atomic mass is 10.1. The highest BCUT2D eigenvalue weighted by Gasteiger charge is 2.32. The van der Waals surface area contributed by atoms with Gasteiger partial charge >= 0.3 is 12.0 Å². The number of furan rings is 1. The molecule has 10 nitrogen and oxygen atoms in total. The van der Waals surface area contributed by atoms with Gasteiger partial charge in [-0.05, 0) is 42.8 Å². The van der Waals surface area contributed by atoms with E-state index in [1.165, 1.54) is 41.3 Å². The van der Waals surface area contributed by atoms with Gasteiger partial charge < -0.3 is 14.9 Å². The lowest BCUT2D eigenvalue weighted by Crippen LogP contribution is -2.25. The monoisotopic (exact) mass is 484 g/mol. The Labute approximate surface area is 197 Å². The second-order valence-corrected chi connectivity index (χ2v) is 7.94. The molecule has 2 N–H and O–H groups in total. The molecule has 0 saturated carbocycles. The van der Waals surface area contributed by atoms with Crippen LogP contribution >= 0.6 is 12.2 Å². The average Bonchev–Trinajstić information content (AvgIpc) is 3.44. The van der Waals surface area contributed by atoms with E-state index in [4.69, 9.17) is 27.1 Å². The van der Waals surface area contributed by atoms with Gasteiger partial charge in [-0.25, -0.2) is 14.2 Å². The van der Waals surface area contributed by atoms with E-state index in [2.05, 4.69) is 4.98 Å². The lowest BCUT2D eigenvalue weighted by molar-refractivity contribution is -0.402. The number of cyclic esters (lactones) is 1. The van der Waals surface area contributed by atoms with Crippen LogP contribution in [0.4, 0.5) is 20.8 Å². The number of hydrogen-bond donors (Lipinski definition) is 1. The average molecular weight is 484 g/mol. The minimum atomic E-state index is -0.761. The van der Waals surface area contributed by atoms with Crippen molar-refractivity contribution in [2.45, 2.75) is 18.9 Å². The molecule has 0 aliphatic carbocycles. The fourth-order valence-electron chi connectivity index (χ4n) is 3.45. The summed E-state index contributed by atoms with van der Waals surface area (Å²) in [7, 11) is 0. The van der Waals surface area contributed by atoms with E-state index in [1.54, 1.807) is 6.07 Å². The summed E-state index contributed by atoms with van der Waals surface area (Å²) in [4.78, 5) is 40.6. The fraction of sp³-hybridized carbons (Fsp3) is 0.182. The van der Waals surface area contributed by atoms with Crippen molar-refractivity contribution >= 4 is 40.7 Å². The highest BCUT2D eigenvalue weighted by Crippen LogP contribution is 2.29. The Kier molecular flexibility index (Phi) is 6.32. The number of halogens is 1. The number of amides is 1. The number of ether oxygens (including phenoxy) is 1. The number of carbonyl (C=O) groups excluding carboxylic acids is 2. The summed E-state index contributed by atoms with van der Waals surface area (Å²) in [6.45, 7) is 0.234. The molecule has 174 valence electrons.